The lowest BCUT2D eigenvalue weighted by atomic mass is 10.3. The molecule has 2 amide bonds. The first-order valence-corrected chi connectivity index (χ1v) is 7.82. The van der Waals surface area contributed by atoms with Crippen LogP contribution in [0.15, 0.2) is 27.5 Å². The van der Waals surface area contributed by atoms with Crippen molar-refractivity contribution in [2.24, 2.45) is 0 Å². The summed E-state index contributed by atoms with van der Waals surface area (Å²) in [4.78, 5) is 16.9. The molecule has 0 saturated carbocycles. The number of nitrogens with zero attached hydrogens (tertiary/aromatic N) is 1. The van der Waals surface area contributed by atoms with Crippen LogP contribution >= 0.6 is 38.6 Å². The van der Waals surface area contributed by atoms with Crippen molar-refractivity contribution in [2.45, 2.75) is 19.5 Å². The summed E-state index contributed by atoms with van der Waals surface area (Å²) in [6.45, 7) is 2.45. The van der Waals surface area contributed by atoms with Gasteiger partial charge < -0.3 is 10.6 Å². The summed E-state index contributed by atoms with van der Waals surface area (Å²) in [5, 5.41) is 8.48. The number of halogens is 1. The van der Waals surface area contributed by atoms with Crippen LogP contribution in [0.1, 0.15) is 22.9 Å². The van der Waals surface area contributed by atoms with E-state index in [2.05, 4.69) is 31.5 Å². The van der Waals surface area contributed by atoms with Crippen molar-refractivity contribution in [3.05, 3.63) is 37.4 Å². The molecular weight excluding hydrogens is 334 g/mol. The van der Waals surface area contributed by atoms with Gasteiger partial charge in [-0.2, -0.15) is 0 Å². The Labute approximate surface area is 122 Å². The largest absolute Gasteiger partial charge is 0.333 e. The molecule has 0 radical (unpaired) electrons. The molecule has 96 valence electrons. The highest BCUT2D eigenvalue weighted by atomic mass is 79.9. The summed E-state index contributed by atoms with van der Waals surface area (Å²) in [5.41, 5.74) is 0. The fraction of sp³-hybridized carbons (Fsp3) is 0.273. The monoisotopic (exact) mass is 345 g/mol. The summed E-state index contributed by atoms with van der Waals surface area (Å²) in [6.07, 6.45) is 1.74. The quantitative estimate of drug-likeness (QED) is 0.890. The van der Waals surface area contributed by atoms with E-state index in [0.717, 1.165) is 13.7 Å². The van der Waals surface area contributed by atoms with Crippen LogP contribution in [0.25, 0.3) is 0 Å². The standard InChI is InChI=1S/C11H12BrN3OS2/c1-7(10-13-4-5-17-10)15-11(16)14-6-8-2-3-9(12)18-8/h2-5,7H,6H2,1H3,(H2,14,15,16). The maximum Gasteiger partial charge on any atom is 0.315 e. The van der Waals surface area contributed by atoms with Gasteiger partial charge in [-0.15, -0.1) is 22.7 Å². The lowest BCUT2D eigenvalue weighted by molar-refractivity contribution is 0.237. The van der Waals surface area contributed by atoms with Crippen molar-refractivity contribution in [1.29, 1.82) is 0 Å². The van der Waals surface area contributed by atoms with Crippen molar-refractivity contribution in [3.8, 4) is 0 Å². The molecule has 2 aromatic rings. The van der Waals surface area contributed by atoms with E-state index in [0.29, 0.717) is 6.54 Å². The minimum Gasteiger partial charge on any atom is -0.333 e. The zero-order valence-corrected chi connectivity index (χ0v) is 12.9. The Morgan fingerprint density at radius 2 is 2.39 bits per heavy atom. The number of urea groups is 1. The van der Waals surface area contributed by atoms with Crippen LogP contribution in [0, 0.1) is 0 Å². The van der Waals surface area contributed by atoms with Crippen LogP contribution in [0.3, 0.4) is 0 Å². The average molecular weight is 346 g/mol. The number of carbonyl (C=O) groups excluding carboxylic acids is 1. The number of aromatic nitrogens is 1. The second kappa shape index (κ2) is 6.31. The molecular formula is C11H12BrN3OS2. The van der Waals surface area contributed by atoms with Gasteiger partial charge in [-0.3, -0.25) is 0 Å². The SMILES string of the molecule is CC(NC(=O)NCc1ccc(Br)s1)c1nccs1. The molecule has 18 heavy (non-hydrogen) atoms. The Morgan fingerprint density at radius 1 is 1.56 bits per heavy atom. The van der Waals surface area contributed by atoms with Gasteiger partial charge in [-0.1, -0.05) is 0 Å². The number of amides is 2. The Bertz CT molecular complexity index is 512. The van der Waals surface area contributed by atoms with E-state index in [1.807, 2.05) is 24.4 Å². The predicted octanol–water partition coefficient (Wildman–Crippen LogP) is 3.53. The molecule has 4 nitrogen and oxygen atoms in total. The van der Waals surface area contributed by atoms with Crippen LogP contribution in [-0.2, 0) is 6.54 Å². The number of rotatable bonds is 4. The molecule has 0 aliphatic rings. The van der Waals surface area contributed by atoms with E-state index >= 15 is 0 Å². The van der Waals surface area contributed by atoms with Crippen LogP contribution < -0.4 is 10.6 Å². The fourth-order valence-corrected chi connectivity index (χ4v) is 3.44. The normalized spacial score (nSPS) is 12.1. The van der Waals surface area contributed by atoms with Crippen LogP contribution in [0.5, 0.6) is 0 Å². The molecule has 2 rings (SSSR count). The number of nitrogens with one attached hydrogen (secondary N) is 2. The topological polar surface area (TPSA) is 54.0 Å². The minimum atomic E-state index is -0.178. The molecule has 0 aliphatic carbocycles. The molecule has 0 spiro atoms. The van der Waals surface area contributed by atoms with Crippen molar-refractivity contribution in [3.63, 3.8) is 0 Å². The summed E-state index contributed by atoms with van der Waals surface area (Å²) in [7, 11) is 0. The smallest absolute Gasteiger partial charge is 0.315 e. The van der Waals surface area contributed by atoms with Gasteiger partial charge in [-0.25, -0.2) is 9.78 Å². The highest BCUT2D eigenvalue weighted by Gasteiger charge is 2.11. The van der Waals surface area contributed by atoms with Crippen LogP contribution in [0.4, 0.5) is 4.79 Å². The highest BCUT2D eigenvalue weighted by molar-refractivity contribution is 9.11. The first-order chi connectivity index (χ1) is 8.65. The maximum absolute atomic E-state index is 11.7. The number of carbonyl (C=O) groups is 1. The molecule has 2 aromatic heterocycles. The van der Waals surface area contributed by atoms with Gasteiger partial charge in [0.2, 0.25) is 0 Å². The molecule has 0 aliphatic heterocycles. The van der Waals surface area contributed by atoms with Gasteiger partial charge in [0.25, 0.3) is 0 Å². The van der Waals surface area contributed by atoms with E-state index in [4.69, 9.17) is 0 Å². The van der Waals surface area contributed by atoms with Crippen molar-refractivity contribution < 1.29 is 4.79 Å². The summed E-state index contributed by atoms with van der Waals surface area (Å²) >= 11 is 6.53. The molecule has 0 saturated heterocycles. The zero-order chi connectivity index (χ0) is 13.0. The first kappa shape index (κ1) is 13.5. The second-order valence-electron chi connectivity index (χ2n) is 3.62. The van der Waals surface area contributed by atoms with E-state index < -0.39 is 0 Å². The lowest BCUT2D eigenvalue weighted by Crippen LogP contribution is -2.36. The minimum absolute atomic E-state index is 0.0694. The Hall–Kier alpha value is -0.920. The van der Waals surface area contributed by atoms with Gasteiger partial charge in [0, 0.05) is 16.5 Å². The second-order valence-corrected chi connectivity index (χ2v) is 7.10. The molecule has 1 atom stereocenters. The third-order valence-electron chi connectivity index (χ3n) is 2.22. The molecule has 0 aromatic carbocycles. The lowest BCUT2D eigenvalue weighted by Gasteiger charge is -2.11. The van der Waals surface area contributed by atoms with Gasteiger partial charge in [0.1, 0.15) is 5.01 Å². The number of thiophene rings is 1. The average Bonchev–Trinajstić information content (AvgIpc) is 2.97. The molecule has 2 heterocycles. The van der Waals surface area contributed by atoms with Gasteiger partial charge >= 0.3 is 6.03 Å². The zero-order valence-electron chi connectivity index (χ0n) is 9.64. The third kappa shape index (κ3) is 3.79. The molecule has 0 fully saturated rings. The Balaban J connectivity index is 1.78. The Morgan fingerprint density at radius 3 is 3.00 bits per heavy atom. The van der Waals surface area contributed by atoms with Crippen molar-refractivity contribution >= 4 is 44.6 Å². The molecule has 1 unspecified atom stereocenters. The van der Waals surface area contributed by atoms with Gasteiger partial charge in [0.05, 0.1) is 16.4 Å². The number of hydrogen-bond donors (Lipinski definition) is 2. The number of hydrogen-bond acceptors (Lipinski definition) is 4. The van der Waals surface area contributed by atoms with Gasteiger partial charge in [-0.05, 0) is 35.0 Å². The van der Waals surface area contributed by atoms with E-state index in [1.165, 1.54) is 11.3 Å². The summed E-state index contributed by atoms with van der Waals surface area (Å²) in [5.74, 6) is 0. The molecule has 2 N–H and O–H groups in total. The molecule has 7 heteroatoms. The highest BCUT2D eigenvalue weighted by Crippen LogP contribution is 2.21. The number of thiazole rings is 1. The third-order valence-corrected chi connectivity index (χ3v) is 4.80. The first-order valence-electron chi connectivity index (χ1n) is 5.33. The van der Waals surface area contributed by atoms with E-state index in [1.54, 1.807) is 17.5 Å². The summed E-state index contributed by atoms with van der Waals surface area (Å²) in [6, 6.07) is 3.71. The van der Waals surface area contributed by atoms with Crippen molar-refractivity contribution in [1.82, 2.24) is 15.6 Å². The van der Waals surface area contributed by atoms with E-state index in [9.17, 15) is 4.79 Å². The van der Waals surface area contributed by atoms with Crippen molar-refractivity contribution in [2.75, 3.05) is 0 Å². The summed E-state index contributed by atoms with van der Waals surface area (Å²) < 4.78 is 1.07. The van der Waals surface area contributed by atoms with Crippen LogP contribution in [0.2, 0.25) is 0 Å². The fourth-order valence-electron chi connectivity index (χ4n) is 1.37. The van der Waals surface area contributed by atoms with Crippen LogP contribution in [-0.4, -0.2) is 11.0 Å². The predicted molar refractivity (Wildman–Crippen MR) is 77.9 cm³/mol. The van der Waals surface area contributed by atoms with Gasteiger partial charge in [0.15, 0.2) is 0 Å². The molecule has 0 bridgehead atoms. The van der Waals surface area contributed by atoms with E-state index in [-0.39, 0.29) is 12.1 Å². The maximum atomic E-state index is 11.7. The Kier molecular flexibility index (Phi) is 4.73.